The second kappa shape index (κ2) is 5.68. The molecule has 0 atom stereocenters. The number of nitrogens with zero attached hydrogens (tertiary/aromatic N) is 1. The molecule has 0 spiro atoms. The van der Waals surface area contributed by atoms with E-state index in [-0.39, 0.29) is 16.7 Å². The van der Waals surface area contributed by atoms with Crippen LogP contribution in [0.2, 0.25) is 0 Å². The van der Waals surface area contributed by atoms with Gasteiger partial charge in [-0.15, -0.1) is 4.73 Å². The first-order chi connectivity index (χ1) is 9.93. The molecule has 1 aromatic carbocycles. The third kappa shape index (κ3) is 2.87. The number of aromatic nitrogens is 1. The van der Waals surface area contributed by atoms with Crippen molar-refractivity contribution in [2.45, 2.75) is 13.3 Å². The van der Waals surface area contributed by atoms with Crippen molar-refractivity contribution >= 4 is 5.78 Å². The van der Waals surface area contributed by atoms with Gasteiger partial charge in [0.15, 0.2) is 5.78 Å². The van der Waals surface area contributed by atoms with Crippen LogP contribution in [0.1, 0.15) is 21.5 Å². The van der Waals surface area contributed by atoms with E-state index in [0.717, 1.165) is 6.07 Å². The Morgan fingerprint density at radius 1 is 1.33 bits per heavy atom. The zero-order valence-electron chi connectivity index (χ0n) is 11.2. The van der Waals surface area contributed by atoms with E-state index < -0.39 is 17.2 Å². The van der Waals surface area contributed by atoms with Crippen LogP contribution in [-0.2, 0) is 6.42 Å². The number of rotatable bonds is 4. The first-order valence-corrected chi connectivity index (χ1v) is 6.07. The van der Waals surface area contributed by atoms with Gasteiger partial charge in [-0.25, -0.2) is 0 Å². The fraction of sp³-hybridized carbons (Fsp3) is 0.143. The summed E-state index contributed by atoms with van der Waals surface area (Å²) in [6.45, 7) is 1.51. The highest BCUT2D eigenvalue weighted by Gasteiger charge is 2.19. The molecule has 110 valence electrons. The van der Waals surface area contributed by atoms with Crippen molar-refractivity contribution < 1.29 is 19.9 Å². The lowest BCUT2D eigenvalue weighted by Crippen LogP contribution is -2.21. The molecule has 0 radical (unpaired) electrons. The van der Waals surface area contributed by atoms with Crippen LogP contribution in [0.3, 0.4) is 0 Å². The predicted octanol–water partition coefficient (Wildman–Crippen LogP) is 0.778. The quantitative estimate of drug-likeness (QED) is 0.435. The third-order valence-electron chi connectivity index (χ3n) is 3.07. The molecule has 2 aromatic rings. The van der Waals surface area contributed by atoms with Gasteiger partial charge in [0.05, 0.1) is 5.56 Å². The first-order valence-electron chi connectivity index (χ1n) is 6.07. The lowest BCUT2D eigenvalue weighted by Gasteiger charge is -2.09. The zero-order chi connectivity index (χ0) is 15.6. The van der Waals surface area contributed by atoms with E-state index in [1.807, 2.05) is 0 Å². The number of benzene rings is 1. The second-order valence-corrected chi connectivity index (χ2v) is 4.54. The molecule has 1 heterocycles. The van der Waals surface area contributed by atoms with Gasteiger partial charge in [-0.05, 0) is 30.2 Å². The van der Waals surface area contributed by atoms with Crippen molar-refractivity contribution in [3.8, 4) is 11.6 Å². The van der Waals surface area contributed by atoms with Crippen LogP contribution in [0.25, 0.3) is 0 Å². The summed E-state index contributed by atoms with van der Waals surface area (Å²) in [5, 5.41) is 19.1. The Balaban J connectivity index is 2.32. The summed E-state index contributed by atoms with van der Waals surface area (Å²) >= 11 is 0. The van der Waals surface area contributed by atoms with Crippen molar-refractivity contribution in [2.75, 3.05) is 0 Å². The van der Waals surface area contributed by atoms with E-state index in [4.69, 9.17) is 5.90 Å². The van der Waals surface area contributed by atoms with Gasteiger partial charge >= 0.3 is 0 Å². The predicted molar refractivity (Wildman–Crippen MR) is 73.6 cm³/mol. The van der Waals surface area contributed by atoms with E-state index in [1.54, 1.807) is 24.3 Å². The highest BCUT2D eigenvalue weighted by Crippen LogP contribution is 2.21. The smallest absolute Gasteiger partial charge is 0.286 e. The van der Waals surface area contributed by atoms with Crippen LogP contribution in [-0.4, -0.2) is 20.8 Å². The normalized spacial score (nSPS) is 10.4. The number of nitrogens with two attached hydrogens (primary N) is 1. The van der Waals surface area contributed by atoms with Gasteiger partial charge < -0.3 is 15.2 Å². The Bertz CT molecular complexity index is 734. The molecule has 2 rings (SSSR count). The summed E-state index contributed by atoms with van der Waals surface area (Å²) < 4.78 is 0.0472. The summed E-state index contributed by atoms with van der Waals surface area (Å²) in [6.07, 6.45) is -0.00252. The number of aromatic hydroxyl groups is 1. The summed E-state index contributed by atoms with van der Waals surface area (Å²) in [5.74, 6) is 4.28. The molecule has 4 N–H and O–H groups in total. The molecule has 0 amide bonds. The maximum Gasteiger partial charge on any atom is 0.286 e. The van der Waals surface area contributed by atoms with E-state index in [1.165, 1.54) is 6.92 Å². The summed E-state index contributed by atoms with van der Waals surface area (Å²) in [4.78, 5) is 28.0. The molecule has 7 nitrogen and oxygen atoms in total. The minimum atomic E-state index is -0.800. The largest absolute Gasteiger partial charge is 0.492 e. The average Bonchev–Trinajstić information content (AvgIpc) is 2.45. The molecular formula is C14H14N2O5. The van der Waals surface area contributed by atoms with E-state index in [9.17, 15) is 19.9 Å². The van der Waals surface area contributed by atoms with Gasteiger partial charge in [0.25, 0.3) is 5.56 Å². The monoisotopic (exact) mass is 290 g/mol. The van der Waals surface area contributed by atoms with Crippen molar-refractivity contribution in [2.24, 2.45) is 5.90 Å². The van der Waals surface area contributed by atoms with Gasteiger partial charge in [-0.2, -0.15) is 5.90 Å². The maximum atomic E-state index is 12.2. The molecule has 0 aliphatic carbocycles. The highest BCUT2D eigenvalue weighted by molar-refractivity contribution is 6.00. The number of pyridine rings is 1. The summed E-state index contributed by atoms with van der Waals surface area (Å²) in [7, 11) is 0. The molecular weight excluding hydrogens is 276 g/mol. The molecule has 1 aromatic heterocycles. The topological polar surface area (TPSA) is 115 Å². The minimum absolute atomic E-state index is 0.00252. The van der Waals surface area contributed by atoms with Crippen molar-refractivity contribution in [1.29, 1.82) is 0 Å². The van der Waals surface area contributed by atoms with Crippen LogP contribution < -0.4 is 16.3 Å². The van der Waals surface area contributed by atoms with Crippen LogP contribution in [0.15, 0.2) is 35.1 Å². The number of Topliss-reactive ketones (excluding diaryl/α,β-unsaturated/α-hetero) is 1. The van der Waals surface area contributed by atoms with E-state index in [2.05, 4.69) is 4.84 Å². The Labute approximate surface area is 119 Å². The average molecular weight is 290 g/mol. The lowest BCUT2D eigenvalue weighted by molar-refractivity contribution is 0.0971. The Morgan fingerprint density at radius 2 is 1.95 bits per heavy atom. The van der Waals surface area contributed by atoms with E-state index in [0.29, 0.717) is 16.9 Å². The molecule has 0 saturated heterocycles. The Morgan fingerprint density at radius 3 is 2.52 bits per heavy atom. The fourth-order valence-electron chi connectivity index (χ4n) is 2.01. The van der Waals surface area contributed by atoms with Crippen LogP contribution in [0.5, 0.6) is 11.6 Å². The molecule has 0 saturated carbocycles. The number of hydrogen-bond donors (Lipinski definition) is 3. The van der Waals surface area contributed by atoms with Gasteiger partial charge in [-0.1, -0.05) is 12.1 Å². The molecule has 0 aliphatic rings. The molecule has 21 heavy (non-hydrogen) atoms. The minimum Gasteiger partial charge on any atom is -0.492 e. The molecule has 0 fully saturated rings. The lowest BCUT2D eigenvalue weighted by atomic mass is 10.0. The highest BCUT2D eigenvalue weighted by atomic mass is 16.6. The summed E-state index contributed by atoms with van der Waals surface area (Å²) in [6, 6.07) is 7.59. The Kier molecular flexibility index (Phi) is 3.95. The fourth-order valence-corrected chi connectivity index (χ4v) is 2.01. The number of aryl methyl sites for hydroxylation is 1. The van der Waals surface area contributed by atoms with Crippen molar-refractivity contribution in [1.82, 2.24) is 4.73 Å². The molecule has 0 aliphatic heterocycles. The number of carbonyl (C=O) groups is 1. The van der Waals surface area contributed by atoms with E-state index >= 15 is 0 Å². The van der Waals surface area contributed by atoms with Crippen molar-refractivity contribution in [3.63, 3.8) is 0 Å². The second-order valence-electron chi connectivity index (χ2n) is 4.54. The number of carbonyl (C=O) groups excluding carboxylic acids is 1. The first kappa shape index (κ1) is 14.6. The van der Waals surface area contributed by atoms with Gasteiger partial charge in [0.1, 0.15) is 5.75 Å². The SMILES string of the molecule is Cc1cc(=O)n(O)c(O)c1C(=O)Cc1ccc(ON)cc1. The maximum absolute atomic E-state index is 12.2. The van der Waals surface area contributed by atoms with Gasteiger partial charge in [0, 0.05) is 12.5 Å². The van der Waals surface area contributed by atoms with Crippen LogP contribution in [0, 0.1) is 6.92 Å². The molecule has 0 unspecified atom stereocenters. The number of hydrogen-bond acceptors (Lipinski definition) is 6. The van der Waals surface area contributed by atoms with Gasteiger partial charge in [0.2, 0.25) is 5.88 Å². The summed E-state index contributed by atoms with van der Waals surface area (Å²) in [5.41, 5.74) is 0.0900. The number of ketones is 1. The zero-order valence-corrected chi connectivity index (χ0v) is 11.2. The Hall–Kier alpha value is -2.80. The molecule has 7 heteroatoms. The molecule has 0 bridgehead atoms. The van der Waals surface area contributed by atoms with Crippen LogP contribution in [0.4, 0.5) is 0 Å². The van der Waals surface area contributed by atoms with Gasteiger partial charge in [-0.3, -0.25) is 9.59 Å². The standard InChI is InChI=1S/C14H14N2O5/c1-8-6-12(18)16(20)14(19)13(8)11(17)7-9-2-4-10(21-15)5-3-9/h2-6,19-20H,7,15H2,1H3. The van der Waals surface area contributed by atoms with Crippen molar-refractivity contribution in [3.05, 3.63) is 57.4 Å². The third-order valence-corrected chi connectivity index (χ3v) is 3.07. The van der Waals surface area contributed by atoms with Crippen LogP contribution >= 0.6 is 0 Å².